The summed E-state index contributed by atoms with van der Waals surface area (Å²) in [4.78, 5) is 7.68. The molecule has 3 fully saturated rings. The van der Waals surface area contributed by atoms with E-state index in [9.17, 15) is 4.39 Å². The van der Waals surface area contributed by atoms with Crippen LogP contribution in [0.15, 0.2) is 24.3 Å². The molecule has 4 nitrogen and oxygen atoms in total. The average molecular weight is 333 g/mol. The fourth-order valence-corrected chi connectivity index (χ4v) is 4.37. The third-order valence-corrected chi connectivity index (χ3v) is 5.71. The third kappa shape index (κ3) is 3.80. The highest BCUT2D eigenvalue weighted by Crippen LogP contribution is 2.24. The molecule has 3 saturated heterocycles. The Kier molecular flexibility index (Phi) is 5.13. The van der Waals surface area contributed by atoms with Crippen LogP contribution in [0.3, 0.4) is 0 Å². The molecular formula is C19H28FN3O. The van der Waals surface area contributed by atoms with Crippen molar-refractivity contribution in [2.24, 2.45) is 0 Å². The van der Waals surface area contributed by atoms with Crippen molar-refractivity contribution in [1.29, 1.82) is 0 Å². The van der Waals surface area contributed by atoms with Crippen LogP contribution in [0.25, 0.3) is 0 Å². The molecule has 2 atom stereocenters. The lowest BCUT2D eigenvalue weighted by molar-refractivity contribution is -0.0488. The molecule has 4 rings (SSSR count). The number of hydrogen-bond donors (Lipinski definition) is 0. The normalized spacial score (nSPS) is 29.2. The van der Waals surface area contributed by atoms with Crippen molar-refractivity contribution in [3.05, 3.63) is 35.6 Å². The van der Waals surface area contributed by atoms with E-state index in [1.807, 2.05) is 12.1 Å². The van der Waals surface area contributed by atoms with E-state index in [2.05, 4.69) is 14.7 Å². The Hall–Kier alpha value is -1.01. The van der Waals surface area contributed by atoms with Crippen LogP contribution in [0.4, 0.5) is 4.39 Å². The summed E-state index contributed by atoms with van der Waals surface area (Å²) >= 11 is 0. The van der Waals surface area contributed by atoms with Crippen molar-refractivity contribution in [3.63, 3.8) is 0 Å². The van der Waals surface area contributed by atoms with Gasteiger partial charge in [-0.2, -0.15) is 0 Å². The number of nitrogens with zero attached hydrogens (tertiary/aromatic N) is 3. The number of likely N-dealkylation sites (tertiary alicyclic amines) is 2. The summed E-state index contributed by atoms with van der Waals surface area (Å²) in [6, 6.07) is 7.41. The Morgan fingerprint density at radius 3 is 2.54 bits per heavy atom. The van der Waals surface area contributed by atoms with E-state index in [4.69, 9.17) is 4.74 Å². The molecule has 0 amide bonds. The lowest BCUT2D eigenvalue weighted by Crippen LogP contribution is -2.52. The molecule has 3 aliphatic heterocycles. The van der Waals surface area contributed by atoms with Gasteiger partial charge < -0.3 is 9.64 Å². The average Bonchev–Trinajstić information content (AvgIpc) is 3.24. The molecule has 0 unspecified atom stereocenters. The van der Waals surface area contributed by atoms with Gasteiger partial charge in [0.05, 0.1) is 12.7 Å². The molecule has 0 aromatic heterocycles. The molecule has 0 spiro atoms. The molecule has 1 aromatic rings. The van der Waals surface area contributed by atoms with Crippen LogP contribution < -0.4 is 0 Å². The molecule has 0 bridgehead atoms. The van der Waals surface area contributed by atoms with Crippen molar-refractivity contribution >= 4 is 0 Å². The van der Waals surface area contributed by atoms with E-state index in [0.29, 0.717) is 12.1 Å². The minimum Gasteiger partial charge on any atom is -0.374 e. The Bertz CT molecular complexity index is 532. The molecule has 5 heteroatoms. The van der Waals surface area contributed by atoms with Gasteiger partial charge in [-0.1, -0.05) is 12.1 Å². The van der Waals surface area contributed by atoms with Crippen LogP contribution in [0.1, 0.15) is 18.4 Å². The molecule has 3 aliphatic rings. The molecule has 0 N–H and O–H groups in total. The molecule has 24 heavy (non-hydrogen) atoms. The summed E-state index contributed by atoms with van der Waals surface area (Å²) in [5.74, 6) is -0.162. The number of morpholine rings is 1. The first-order valence-corrected chi connectivity index (χ1v) is 9.33. The first kappa shape index (κ1) is 16.5. The Labute approximate surface area is 144 Å². The Morgan fingerprint density at radius 2 is 1.75 bits per heavy atom. The van der Waals surface area contributed by atoms with E-state index in [0.717, 1.165) is 39.3 Å². The maximum atomic E-state index is 13.1. The van der Waals surface area contributed by atoms with E-state index in [-0.39, 0.29) is 5.82 Å². The second-order valence-electron chi connectivity index (χ2n) is 7.38. The van der Waals surface area contributed by atoms with Crippen LogP contribution in [0.2, 0.25) is 0 Å². The minimum absolute atomic E-state index is 0.162. The zero-order valence-corrected chi connectivity index (χ0v) is 14.4. The summed E-state index contributed by atoms with van der Waals surface area (Å²) in [7, 11) is 0. The Morgan fingerprint density at radius 1 is 0.958 bits per heavy atom. The van der Waals surface area contributed by atoms with Crippen LogP contribution in [-0.4, -0.2) is 79.3 Å². The standard InChI is InChI=1S/C19H28FN3O/c20-17-5-3-16(4-6-17)13-22-14-18-19(15-22)24-12-11-23(18)10-9-21-7-1-2-8-21/h3-6,18-19H,1-2,7-15H2/t18-,19+/m1/s1. The highest BCUT2D eigenvalue weighted by Gasteiger charge is 2.39. The van der Waals surface area contributed by atoms with Crippen molar-refractivity contribution in [2.45, 2.75) is 31.5 Å². The lowest BCUT2D eigenvalue weighted by Gasteiger charge is -2.37. The SMILES string of the molecule is Fc1ccc(CN2C[C@@H]3OCCN(CCN4CCCC4)[C@@H]3C2)cc1. The van der Waals surface area contributed by atoms with Gasteiger partial charge in [0.15, 0.2) is 0 Å². The topological polar surface area (TPSA) is 19.0 Å². The van der Waals surface area contributed by atoms with Gasteiger partial charge in [0.1, 0.15) is 5.82 Å². The molecular weight excluding hydrogens is 305 g/mol. The number of halogens is 1. The molecule has 1 aromatic carbocycles. The van der Waals surface area contributed by atoms with Crippen molar-refractivity contribution in [1.82, 2.24) is 14.7 Å². The quantitative estimate of drug-likeness (QED) is 0.818. The van der Waals surface area contributed by atoms with Crippen molar-refractivity contribution < 1.29 is 9.13 Å². The second-order valence-corrected chi connectivity index (χ2v) is 7.38. The summed E-state index contributed by atoms with van der Waals surface area (Å²) in [6.07, 6.45) is 3.05. The fraction of sp³-hybridized carbons (Fsp3) is 0.684. The summed E-state index contributed by atoms with van der Waals surface area (Å²) < 4.78 is 19.1. The van der Waals surface area contributed by atoms with E-state index in [1.54, 1.807) is 12.1 Å². The molecule has 3 heterocycles. The predicted molar refractivity (Wildman–Crippen MR) is 92.5 cm³/mol. The second kappa shape index (κ2) is 7.48. The number of rotatable bonds is 5. The van der Waals surface area contributed by atoms with Gasteiger partial charge in [0.2, 0.25) is 0 Å². The van der Waals surface area contributed by atoms with Crippen LogP contribution in [0.5, 0.6) is 0 Å². The monoisotopic (exact) mass is 333 g/mol. The molecule has 132 valence electrons. The van der Waals surface area contributed by atoms with Crippen LogP contribution in [0, 0.1) is 5.82 Å². The van der Waals surface area contributed by atoms with Gasteiger partial charge in [-0.25, -0.2) is 4.39 Å². The van der Waals surface area contributed by atoms with Gasteiger partial charge in [0, 0.05) is 45.3 Å². The van der Waals surface area contributed by atoms with Crippen molar-refractivity contribution in [2.75, 3.05) is 52.4 Å². The Balaban J connectivity index is 1.32. The number of benzene rings is 1. The summed E-state index contributed by atoms with van der Waals surface area (Å²) in [5, 5.41) is 0. The van der Waals surface area contributed by atoms with Gasteiger partial charge in [0.25, 0.3) is 0 Å². The zero-order valence-electron chi connectivity index (χ0n) is 14.4. The maximum Gasteiger partial charge on any atom is 0.123 e. The third-order valence-electron chi connectivity index (χ3n) is 5.71. The zero-order chi connectivity index (χ0) is 16.4. The lowest BCUT2D eigenvalue weighted by atomic mass is 10.1. The molecule has 0 saturated carbocycles. The van der Waals surface area contributed by atoms with Crippen LogP contribution >= 0.6 is 0 Å². The van der Waals surface area contributed by atoms with Gasteiger partial charge in [-0.05, 0) is 43.6 Å². The smallest absolute Gasteiger partial charge is 0.123 e. The number of fused-ring (bicyclic) bond motifs is 1. The summed E-state index contributed by atoms with van der Waals surface area (Å²) in [6.45, 7) is 9.74. The van der Waals surface area contributed by atoms with E-state index >= 15 is 0 Å². The summed E-state index contributed by atoms with van der Waals surface area (Å²) in [5.41, 5.74) is 1.18. The predicted octanol–water partition coefficient (Wildman–Crippen LogP) is 1.81. The minimum atomic E-state index is -0.162. The van der Waals surface area contributed by atoms with Gasteiger partial charge in [-0.3, -0.25) is 9.80 Å². The van der Waals surface area contributed by atoms with E-state index < -0.39 is 0 Å². The fourth-order valence-electron chi connectivity index (χ4n) is 4.37. The first-order valence-electron chi connectivity index (χ1n) is 9.33. The highest BCUT2D eigenvalue weighted by molar-refractivity contribution is 5.16. The van der Waals surface area contributed by atoms with E-state index in [1.165, 1.54) is 38.0 Å². The number of ether oxygens (including phenoxy) is 1. The number of hydrogen-bond acceptors (Lipinski definition) is 4. The molecule has 0 radical (unpaired) electrons. The van der Waals surface area contributed by atoms with Gasteiger partial charge >= 0.3 is 0 Å². The maximum absolute atomic E-state index is 13.1. The van der Waals surface area contributed by atoms with Gasteiger partial charge in [-0.15, -0.1) is 0 Å². The molecule has 0 aliphatic carbocycles. The van der Waals surface area contributed by atoms with Crippen LogP contribution in [-0.2, 0) is 11.3 Å². The largest absolute Gasteiger partial charge is 0.374 e. The highest BCUT2D eigenvalue weighted by atomic mass is 19.1. The van der Waals surface area contributed by atoms with Crippen molar-refractivity contribution in [3.8, 4) is 0 Å². The first-order chi connectivity index (χ1) is 11.8.